The van der Waals surface area contributed by atoms with Crippen molar-refractivity contribution in [2.75, 3.05) is 6.54 Å². The van der Waals surface area contributed by atoms with Gasteiger partial charge in [-0.05, 0) is 72.1 Å². The highest BCUT2D eigenvalue weighted by molar-refractivity contribution is 5.79. The molecule has 0 unspecified atom stereocenters. The molecule has 7 heteroatoms. The fraction of sp³-hybridized carbons (Fsp3) is 0.571. The Hall–Kier alpha value is -2.57. The van der Waals surface area contributed by atoms with Crippen LogP contribution in [-0.4, -0.2) is 39.4 Å². The van der Waals surface area contributed by atoms with E-state index < -0.39 is 17.3 Å². The molecule has 2 aromatic rings. The van der Waals surface area contributed by atoms with Gasteiger partial charge in [0.1, 0.15) is 17.7 Å². The monoisotopic (exact) mass is 389 g/mol. The van der Waals surface area contributed by atoms with Crippen LogP contribution in [0.1, 0.15) is 53.5 Å². The Labute approximate surface area is 166 Å². The lowest BCUT2D eigenvalue weighted by Gasteiger charge is -2.19. The summed E-state index contributed by atoms with van der Waals surface area (Å²) in [6.45, 7) is 11.7. The summed E-state index contributed by atoms with van der Waals surface area (Å²) in [5.41, 5.74) is 1.85. The molecule has 1 aromatic heterocycles. The van der Waals surface area contributed by atoms with Crippen molar-refractivity contribution in [3.05, 3.63) is 30.1 Å². The van der Waals surface area contributed by atoms with Gasteiger partial charge in [0.15, 0.2) is 0 Å². The minimum Gasteiger partial charge on any atom is -0.459 e. The number of carbonyl (C=O) groups excluding carboxylic acids is 2. The average molecular weight is 389 g/mol. The second kappa shape index (κ2) is 8.63. The van der Waals surface area contributed by atoms with Crippen molar-refractivity contribution in [1.29, 1.82) is 0 Å². The standard InChI is InChI=1S/C21H31N3O4/c1-20(2,3)27-18(25)13-24-14-23-16-12-15(9-10-17(16)24)8-7-11-22-19(26)28-21(4,5)6/h9-10,12,14H,7-8,11,13H2,1-6H3,(H,22,26). The van der Waals surface area contributed by atoms with Gasteiger partial charge in [0.2, 0.25) is 0 Å². The molecule has 0 saturated carbocycles. The Balaban J connectivity index is 1.88. The van der Waals surface area contributed by atoms with Crippen LogP contribution in [0.25, 0.3) is 11.0 Å². The van der Waals surface area contributed by atoms with Gasteiger partial charge in [-0.25, -0.2) is 9.78 Å². The van der Waals surface area contributed by atoms with Gasteiger partial charge in [-0.1, -0.05) is 6.07 Å². The van der Waals surface area contributed by atoms with Crippen LogP contribution in [0.3, 0.4) is 0 Å². The van der Waals surface area contributed by atoms with Gasteiger partial charge in [-0.2, -0.15) is 0 Å². The van der Waals surface area contributed by atoms with Crippen molar-refractivity contribution in [1.82, 2.24) is 14.9 Å². The van der Waals surface area contributed by atoms with E-state index in [1.807, 2.05) is 59.7 Å². The predicted molar refractivity (Wildman–Crippen MR) is 108 cm³/mol. The number of hydrogen-bond acceptors (Lipinski definition) is 5. The van der Waals surface area contributed by atoms with E-state index in [0.29, 0.717) is 6.54 Å². The lowest BCUT2D eigenvalue weighted by atomic mass is 10.1. The molecular weight excluding hydrogens is 358 g/mol. The Morgan fingerprint density at radius 2 is 1.75 bits per heavy atom. The summed E-state index contributed by atoms with van der Waals surface area (Å²) in [6.07, 6.45) is 2.86. The number of alkyl carbamates (subject to hydrolysis) is 1. The SMILES string of the molecule is CC(C)(C)OC(=O)Cn1cnc2cc(CCCNC(=O)OC(C)(C)C)ccc21. The van der Waals surface area contributed by atoms with Gasteiger partial charge < -0.3 is 19.4 Å². The van der Waals surface area contributed by atoms with E-state index in [9.17, 15) is 9.59 Å². The van der Waals surface area contributed by atoms with Gasteiger partial charge in [0.05, 0.1) is 17.4 Å². The van der Waals surface area contributed by atoms with Gasteiger partial charge in [0.25, 0.3) is 0 Å². The van der Waals surface area contributed by atoms with Gasteiger partial charge >= 0.3 is 12.1 Å². The summed E-state index contributed by atoms with van der Waals surface area (Å²) >= 11 is 0. The lowest BCUT2D eigenvalue weighted by Crippen LogP contribution is -2.33. The van der Waals surface area contributed by atoms with E-state index in [4.69, 9.17) is 9.47 Å². The molecular formula is C21H31N3O4. The third-order valence-corrected chi connectivity index (χ3v) is 3.72. The summed E-state index contributed by atoms with van der Waals surface area (Å²) in [5, 5.41) is 2.76. The molecule has 1 N–H and O–H groups in total. The van der Waals surface area contributed by atoms with E-state index in [1.54, 1.807) is 10.9 Å². The van der Waals surface area contributed by atoms with Crippen LogP contribution in [0.15, 0.2) is 24.5 Å². The number of ether oxygens (including phenoxy) is 2. The number of aromatic nitrogens is 2. The highest BCUT2D eigenvalue weighted by atomic mass is 16.6. The summed E-state index contributed by atoms with van der Waals surface area (Å²) in [7, 11) is 0. The molecule has 0 aliphatic carbocycles. The maximum absolute atomic E-state index is 12.0. The summed E-state index contributed by atoms with van der Waals surface area (Å²) < 4.78 is 12.4. The molecule has 1 amide bonds. The molecule has 0 bridgehead atoms. The maximum Gasteiger partial charge on any atom is 0.407 e. The van der Waals surface area contributed by atoms with Gasteiger partial charge in [0, 0.05) is 6.54 Å². The van der Waals surface area contributed by atoms with E-state index >= 15 is 0 Å². The second-order valence-corrected chi connectivity index (χ2v) is 8.81. The molecule has 0 radical (unpaired) electrons. The summed E-state index contributed by atoms with van der Waals surface area (Å²) in [5.74, 6) is -0.288. The van der Waals surface area contributed by atoms with E-state index in [1.165, 1.54) is 0 Å². The number of aryl methyl sites for hydroxylation is 1. The van der Waals surface area contributed by atoms with Crippen LogP contribution < -0.4 is 5.32 Å². The first-order chi connectivity index (χ1) is 12.9. The van der Waals surface area contributed by atoms with E-state index in [0.717, 1.165) is 29.4 Å². The van der Waals surface area contributed by atoms with Crippen LogP contribution >= 0.6 is 0 Å². The minimum absolute atomic E-state index is 0.132. The molecule has 0 fully saturated rings. The molecule has 0 aliphatic heterocycles. The molecule has 0 aliphatic rings. The number of nitrogens with one attached hydrogen (secondary N) is 1. The van der Waals surface area contributed by atoms with Crippen molar-refractivity contribution in [3.8, 4) is 0 Å². The van der Waals surface area contributed by atoms with Gasteiger partial charge in [-0.3, -0.25) is 4.79 Å². The largest absolute Gasteiger partial charge is 0.459 e. The molecule has 28 heavy (non-hydrogen) atoms. The molecule has 0 saturated heterocycles. The Bertz CT molecular complexity index is 828. The summed E-state index contributed by atoms with van der Waals surface area (Å²) in [6, 6.07) is 5.99. The van der Waals surface area contributed by atoms with Crippen LogP contribution in [0.5, 0.6) is 0 Å². The molecule has 154 valence electrons. The Morgan fingerprint density at radius 3 is 2.39 bits per heavy atom. The fourth-order valence-corrected chi connectivity index (χ4v) is 2.70. The lowest BCUT2D eigenvalue weighted by molar-refractivity contribution is -0.155. The zero-order valence-corrected chi connectivity index (χ0v) is 17.7. The first kappa shape index (κ1) is 21.7. The maximum atomic E-state index is 12.0. The predicted octanol–water partition coefficient (Wildman–Crippen LogP) is 3.84. The topological polar surface area (TPSA) is 82.5 Å². The van der Waals surface area contributed by atoms with Crippen LogP contribution in [0.2, 0.25) is 0 Å². The Morgan fingerprint density at radius 1 is 1.07 bits per heavy atom. The number of benzene rings is 1. The van der Waals surface area contributed by atoms with Crippen LogP contribution in [-0.2, 0) is 27.2 Å². The number of carbonyl (C=O) groups is 2. The third kappa shape index (κ3) is 7.21. The second-order valence-electron chi connectivity index (χ2n) is 8.81. The number of amides is 1. The minimum atomic E-state index is -0.506. The van der Waals surface area contributed by atoms with Crippen molar-refractivity contribution in [2.45, 2.75) is 72.1 Å². The Kier molecular flexibility index (Phi) is 6.69. The molecule has 0 atom stereocenters. The van der Waals surface area contributed by atoms with Crippen molar-refractivity contribution in [2.24, 2.45) is 0 Å². The third-order valence-electron chi connectivity index (χ3n) is 3.72. The highest BCUT2D eigenvalue weighted by Crippen LogP contribution is 2.17. The molecule has 0 spiro atoms. The number of hydrogen-bond donors (Lipinski definition) is 1. The smallest absolute Gasteiger partial charge is 0.407 e. The van der Waals surface area contributed by atoms with Crippen molar-refractivity contribution >= 4 is 23.1 Å². The van der Waals surface area contributed by atoms with Gasteiger partial charge in [-0.15, -0.1) is 0 Å². The highest BCUT2D eigenvalue weighted by Gasteiger charge is 2.17. The number of esters is 1. The zero-order chi connectivity index (χ0) is 20.9. The number of nitrogens with zero attached hydrogens (tertiary/aromatic N) is 2. The average Bonchev–Trinajstić information content (AvgIpc) is 2.90. The molecule has 1 heterocycles. The normalized spacial score (nSPS) is 12.1. The van der Waals surface area contributed by atoms with Crippen molar-refractivity contribution in [3.63, 3.8) is 0 Å². The first-order valence-corrected chi connectivity index (χ1v) is 9.55. The zero-order valence-electron chi connectivity index (χ0n) is 17.7. The molecule has 1 aromatic carbocycles. The molecule has 2 rings (SSSR count). The van der Waals surface area contributed by atoms with Crippen LogP contribution in [0.4, 0.5) is 4.79 Å². The summed E-state index contributed by atoms with van der Waals surface area (Å²) in [4.78, 5) is 28.1. The first-order valence-electron chi connectivity index (χ1n) is 9.55. The van der Waals surface area contributed by atoms with E-state index in [2.05, 4.69) is 10.3 Å². The fourth-order valence-electron chi connectivity index (χ4n) is 2.70. The van der Waals surface area contributed by atoms with E-state index in [-0.39, 0.29) is 12.5 Å². The van der Waals surface area contributed by atoms with Crippen LogP contribution in [0, 0.1) is 0 Å². The number of imidazole rings is 1. The van der Waals surface area contributed by atoms with Crippen molar-refractivity contribution < 1.29 is 19.1 Å². The number of fused-ring (bicyclic) bond motifs is 1. The number of rotatable bonds is 6. The molecule has 7 nitrogen and oxygen atoms in total. The quantitative estimate of drug-likeness (QED) is 0.600.